The molecule has 1 aromatic heterocycles. The van der Waals surface area contributed by atoms with Crippen molar-refractivity contribution in [2.45, 2.75) is 45.7 Å². The molecule has 1 aliphatic carbocycles. The standard InChI is InChI=1S/C13H21NS/c1-10-5-3-6-11(2)13(10)14-9-12-7-4-8-15-12/h4,7-8,10-11,13-14H,3,5-6,9H2,1-2H3. The van der Waals surface area contributed by atoms with Crippen molar-refractivity contribution in [2.24, 2.45) is 11.8 Å². The summed E-state index contributed by atoms with van der Waals surface area (Å²) in [7, 11) is 0. The molecule has 1 heterocycles. The van der Waals surface area contributed by atoms with Gasteiger partial charge in [-0.2, -0.15) is 0 Å². The minimum Gasteiger partial charge on any atom is -0.309 e. The first-order chi connectivity index (χ1) is 7.27. The Hall–Kier alpha value is -0.340. The lowest BCUT2D eigenvalue weighted by atomic mass is 9.79. The van der Waals surface area contributed by atoms with Gasteiger partial charge < -0.3 is 5.32 Å². The smallest absolute Gasteiger partial charge is 0.0302 e. The van der Waals surface area contributed by atoms with Gasteiger partial charge >= 0.3 is 0 Å². The topological polar surface area (TPSA) is 12.0 Å². The largest absolute Gasteiger partial charge is 0.309 e. The van der Waals surface area contributed by atoms with E-state index in [1.165, 1.54) is 24.1 Å². The first-order valence-corrected chi connectivity index (χ1v) is 6.91. The van der Waals surface area contributed by atoms with Crippen LogP contribution in [0.4, 0.5) is 0 Å². The van der Waals surface area contributed by atoms with Gasteiger partial charge in [-0.25, -0.2) is 0 Å². The van der Waals surface area contributed by atoms with Gasteiger partial charge in [0, 0.05) is 17.5 Å². The first-order valence-electron chi connectivity index (χ1n) is 6.03. The summed E-state index contributed by atoms with van der Waals surface area (Å²) in [5.41, 5.74) is 0. The zero-order valence-electron chi connectivity index (χ0n) is 9.70. The summed E-state index contributed by atoms with van der Waals surface area (Å²) >= 11 is 1.85. The fourth-order valence-electron chi connectivity index (χ4n) is 2.72. The predicted molar refractivity (Wildman–Crippen MR) is 67.1 cm³/mol. The summed E-state index contributed by atoms with van der Waals surface area (Å²) in [6.07, 6.45) is 4.21. The molecule has 2 heteroatoms. The van der Waals surface area contributed by atoms with E-state index in [-0.39, 0.29) is 0 Å². The maximum Gasteiger partial charge on any atom is 0.0302 e. The van der Waals surface area contributed by atoms with E-state index >= 15 is 0 Å². The van der Waals surface area contributed by atoms with Gasteiger partial charge in [-0.05, 0) is 36.1 Å². The summed E-state index contributed by atoms with van der Waals surface area (Å²) in [6.45, 7) is 5.83. The average Bonchev–Trinajstić information content (AvgIpc) is 2.70. The monoisotopic (exact) mass is 223 g/mol. The molecule has 2 unspecified atom stereocenters. The molecular formula is C13H21NS. The third kappa shape index (κ3) is 2.82. The molecule has 0 aliphatic heterocycles. The van der Waals surface area contributed by atoms with Gasteiger partial charge in [-0.1, -0.05) is 26.3 Å². The second kappa shape index (κ2) is 5.13. The Kier molecular flexibility index (Phi) is 3.81. The molecule has 1 N–H and O–H groups in total. The molecule has 0 aromatic carbocycles. The molecule has 2 atom stereocenters. The summed E-state index contributed by atoms with van der Waals surface area (Å²) in [5, 5.41) is 5.89. The van der Waals surface area contributed by atoms with E-state index in [9.17, 15) is 0 Å². The molecule has 0 amide bonds. The normalized spacial score (nSPS) is 31.7. The highest BCUT2D eigenvalue weighted by molar-refractivity contribution is 7.09. The predicted octanol–water partition coefficient (Wildman–Crippen LogP) is 3.66. The minimum atomic E-state index is 0.723. The zero-order valence-corrected chi connectivity index (χ0v) is 10.5. The highest BCUT2D eigenvalue weighted by Crippen LogP contribution is 2.29. The number of thiophene rings is 1. The maximum atomic E-state index is 3.73. The van der Waals surface area contributed by atoms with E-state index in [1.54, 1.807) is 0 Å². The quantitative estimate of drug-likeness (QED) is 0.824. The summed E-state index contributed by atoms with van der Waals surface area (Å²) in [6, 6.07) is 5.08. The average molecular weight is 223 g/mol. The fourth-order valence-corrected chi connectivity index (χ4v) is 3.37. The Morgan fingerprint density at radius 1 is 1.33 bits per heavy atom. The van der Waals surface area contributed by atoms with Crippen LogP contribution in [0.2, 0.25) is 0 Å². The summed E-state index contributed by atoms with van der Waals surface area (Å²) < 4.78 is 0. The van der Waals surface area contributed by atoms with Crippen LogP contribution in [0.15, 0.2) is 17.5 Å². The van der Waals surface area contributed by atoms with Crippen LogP contribution in [0.3, 0.4) is 0 Å². The number of hydrogen-bond acceptors (Lipinski definition) is 2. The molecule has 1 nitrogen and oxygen atoms in total. The third-order valence-corrected chi connectivity index (χ3v) is 4.51. The van der Waals surface area contributed by atoms with E-state index in [1.807, 2.05) is 11.3 Å². The molecule has 15 heavy (non-hydrogen) atoms. The Morgan fingerprint density at radius 3 is 2.67 bits per heavy atom. The van der Waals surface area contributed by atoms with Gasteiger partial charge in [-0.3, -0.25) is 0 Å². The fraction of sp³-hybridized carbons (Fsp3) is 0.692. The van der Waals surface area contributed by atoms with Gasteiger partial charge in [0.25, 0.3) is 0 Å². The van der Waals surface area contributed by atoms with Crippen molar-refractivity contribution >= 4 is 11.3 Å². The van der Waals surface area contributed by atoms with Crippen LogP contribution in [0, 0.1) is 11.8 Å². The van der Waals surface area contributed by atoms with E-state index in [4.69, 9.17) is 0 Å². The Bertz CT molecular complexity index is 271. The van der Waals surface area contributed by atoms with Gasteiger partial charge in [0.2, 0.25) is 0 Å². The minimum absolute atomic E-state index is 0.723. The lowest BCUT2D eigenvalue weighted by Crippen LogP contribution is -2.42. The van der Waals surface area contributed by atoms with Crippen LogP contribution in [-0.4, -0.2) is 6.04 Å². The molecular weight excluding hydrogens is 202 g/mol. The van der Waals surface area contributed by atoms with Crippen LogP contribution in [0.5, 0.6) is 0 Å². The Morgan fingerprint density at radius 2 is 2.07 bits per heavy atom. The number of hydrogen-bond donors (Lipinski definition) is 1. The second-order valence-electron chi connectivity index (χ2n) is 4.87. The SMILES string of the molecule is CC1CCCC(C)C1NCc1cccs1. The van der Waals surface area contributed by atoms with E-state index in [2.05, 4.69) is 36.7 Å². The van der Waals surface area contributed by atoms with Crippen LogP contribution < -0.4 is 5.32 Å². The van der Waals surface area contributed by atoms with Crippen molar-refractivity contribution < 1.29 is 0 Å². The van der Waals surface area contributed by atoms with E-state index < -0.39 is 0 Å². The molecule has 1 aliphatic rings. The van der Waals surface area contributed by atoms with Crippen molar-refractivity contribution in [3.8, 4) is 0 Å². The molecule has 0 saturated heterocycles. The molecule has 2 rings (SSSR count). The van der Waals surface area contributed by atoms with Crippen molar-refractivity contribution in [3.05, 3.63) is 22.4 Å². The van der Waals surface area contributed by atoms with Crippen LogP contribution in [0.25, 0.3) is 0 Å². The molecule has 0 radical (unpaired) electrons. The number of rotatable bonds is 3. The molecule has 1 saturated carbocycles. The van der Waals surface area contributed by atoms with Crippen molar-refractivity contribution in [1.82, 2.24) is 5.32 Å². The molecule has 0 spiro atoms. The third-order valence-electron chi connectivity index (χ3n) is 3.64. The van der Waals surface area contributed by atoms with Gasteiger partial charge in [0.05, 0.1) is 0 Å². The molecule has 0 bridgehead atoms. The van der Waals surface area contributed by atoms with Crippen molar-refractivity contribution in [2.75, 3.05) is 0 Å². The van der Waals surface area contributed by atoms with Crippen molar-refractivity contribution in [1.29, 1.82) is 0 Å². The Balaban J connectivity index is 1.86. The van der Waals surface area contributed by atoms with Crippen LogP contribution in [-0.2, 0) is 6.54 Å². The second-order valence-corrected chi connectivity index (χ2v) is 5.90. The van der Waals surface area contributed by atoms with Gasteiger partial charge in [0.1, 0.15) is 0 Å². The molecule has 84 valence electrons. The van der Waals surface area contributed by atoms with Crippen LogP contribution >= 0.6 is 11.3 Å². The Labute approximate surface area is 96.9 Å². The summed E-state index contributed by atoms with van der Waals surface area (Å²) in [5.74, 6) is 1.68. The van der Waals surface area contributed by atoms with Crippen LogP contribution in [0.1, 0.15) is 38.0 Å². The lowest BCUT2D eigenvalue weighted by Gasteiger charge is -2.35. The highest BCUT2D eigenvalue weighted by atomic mass is 32.1. The lowest BCUT2D eigenvalue weighted by molar-refractivity contribution is 0.208. The molecule has 1 aromatic rings. The van der Waals surface area contributed by atoms with Gasteiger partial charge in [-0.15, -0.1) is 11.3 Å². The zero-order chi connectivity index (χ0) is 10.7. The maximum absolute atomic E-state index is 3.73. The number of nitrogens with one attached hydrogen (secondary N) is 1. The highest BCUT2D eigenvalue weighted by Gasteiger charge is 2.26. The molecule has 1 fully saturated rings. The van der Waals surface area contributed by atoms with E-state index in [0.717, 1.165) is 24.4 Å². The first kappa shape index (κ1) is 11.2. The van der Waals surface area contributed by atoms with Crippen molar-refractivity contribution in [3.63, 3.8) is 0 Å². The van der Waals surface area contributed by atoms with E-state index in [0.29, 0.717) is 0 Å². The van der Waals surface area contributed by atoms with Gasteiger partial charge in [0.15, 0.2) is 0 Å². The summed E-state index contributed by atoms with van der Waals surface area (Å²) in [4.78, 5) is 1.46.